The topological polar surface area (TPSA) is 55.2 Å². The molecule has 1 aliphatic heterocycles. The Bertz CT molecular complexity index is 857. The average Bonchev–Trinajstić information content (AvgIpc) is 3.16. The zero-order chi connectivity index (χ0) is 18.5. The van der Waals surface area contributed by atoms with Gasteiger partial charge in [0.1, 0.15) is 6.33 Å². The minimum atomic E-state index is -4.50. The van der Waals surface area contributed by atoms with Crippen LogP contribution < -0.4 is 0 Å². The molecule has 4 rings (SSSR count). The van der Waals surface area contributed by atoms with Crippen molar-refractivity contribution < 1.29 is 22.8 Å². The van der Waals surface area contributed by atoms with Crippen LogP contribution in [0, 0.1) is 5.92 Å². The second kappa shape index (κ2) is 5.96. The highest BCUT2D eigenvalue weighted by atomic mass is 19.4. The Morgan fingerprint density at radius 2 is 2.04 bits per heavy atom. The third-order valence-electron chi connectivity index (χ3n) is 4.92. The zero-order valence-corrected chi connectivity index (χ0v) is 13.7. The van der Waals surface area contributed by atoms with E-state index in [0.29, 0.717) is 12.5 Å². The summed E-state index contributed by atoms with van der Waals surface area (Å²) in [7, 11) is 0. The van der Waals surface area contributed by atoms with E-state index < -0.39 is 17.8 Å². The Balaban J connectivity index is 1.70. The van der Waals surface area contributed by atoms with Crippen LogP contribution in [0.4, 0.5) is 13.2 Å². The number of benzene rings is 1. The molecular weight excluding hydrogens is 347 g/mol. The molecule has 26 heavy (non-hydrogen) atoms. The predicted molar refractivity (Wildman–Crippen MR) is 85.4 cm³/mol. The van der Waals surface area contributed by atoms with E-state index in [1.807, 2.05) is 0 Å². The Labute approximate surface area is 147 Å². The lowest BCUT2D eigenvalue weighted by Crippen LogP contribution is -2.32. The molecule has 1 aromatic heterocycles. The van der Waals surface area contributed by atoms with E-state index in [1.54, 1.807) is 4.90 Å². The predicted octanol–water partition coefficient (Wildman–Crippen LogP) is 3.54. The first-order valence-corrected chi connectivity index (χ1v) is 8.38. The monoisotopic (exact) mass is 363 g/mol. The fourth-order valence-corrected chi connectivity index (χ4v) is 3.36. The van der Waals surface area contributed by atoms with Gasteiger partial charge in [-0.25, -0.2) is 4.98 Å². The lowest BCUT2D eigenvalue weighted by Gasteiger charge is -2.25. The molecule has 1 aliphatic carbocycles. The van der Waals surface area contributed by atoms with Gasteiger partial charge in [-0.1, -0.05) is 0 Å². The van der Waals surface area contributed by atoms with E-state index in [-0.39, 0.29) is 29.4 Å². The number of rotatable bonds is 4. The summed E-state index contributed by atoms with van der Waals surface area (Å²) < 4.78 is 40.6. The van der Waals surface area contributed by atoms with Crippen LogP contribution in [0.2, 0.25) is 0 Å². The van der Waals surface area contributed by atoms with E-state index in [2.05, 4.69) is 4.98 Å². The standard InChI is InChI=1S/C18H16F3N3O2/c19-18(20,21)12-3-4-13-14(7-12)15(8-16(25)23-6-5-22-10-23)24(17(13)26)9-11-1-2-11/h3-7,10-11,15H,1-2,8-9H2. The van der Waals surface area contributed by atoms with Crippen molar-refractivity contribution in [3.8, 4) is 0 Å². The molecule has 2 aliphatic rings. The van der Waals surface area contributed by atoms with Crippen molar-refractivity contribution in [2.45, 2.75) is 31.5 Å². The molecule has 1 saturated carbocycles. The summed E-state index contributed by atoms with van der Waals surface area (Å²) >= 11 is 0. The Morgan fingerprint density at radius 1 is 1.27 bits per heavy atom. The van der Waals surface area contributed by atoms with Crippen LogP contribution >= 0.6 is 0 Å². The number of fused-ring (bicyclic) bond motifs is 1. The van der Waals surface area contributed by atoms with Crippen LogP contribution in [0.1, 0.15) is 51.6 Å². The number of hydrogen-bond acceptors (Lipinski definition) is 3. The van der Waals surface area contributed by atoms with E-state index >= 15 is 0 Å². The van der Waals surface area contributed by atoms with Crippen LogP contribution in [0.25, 0.3) is 0 Å². The van der Waals surface area contributed by atoms with Gasteiger partial charge in [-0.3, -0.25) is 14.2 Å². The van der Waals surface area contributed by atoms with Crippen LogP contribution in [-0.2, 0) is 6.18 Å². The maximum atomic E-state index is 13.1. The molecular formula is C18H16F3N3O2. The summed E-state index contributed by atoms with van der Waals surface area (Å²) in [6, 6.07) is 2.47. The molecule has 136 valence electrons. The molecule has 5 nitrogen and oxygen atoms in total. The maximum Gasteiger partial charge on any atom is 0.416 e. The summed E-state index contributed by atoms with van der Waals surface area (Å²) in [6.45, 7) is 0.469. The number of alkyl halides is 3. The summed E-state index contributed by atoms with van der Waals surface area (Å²) in [5.74, 6) is -0.253. The first-order valence-electron chi connectivity index (χ1n) is 8.38. The van der Waals surface area contributed by atoms with Crippen molar-refractivity contribution in [1.29, 1.82) is 0 Å². The quantitative estimate of drug-likeness (QED) is 0.835. The number of halogens is 3. The van der Waals surface area contributed by atoms with Crippen molar-refractivity contribution in [1.82, 2.24) is 14.5 Å². The molecule has 0 radical (unpaired) electrons. The third kappa shape index (κ3) is 3.00. The molecule has 0 saturated heterocycles. The molecule has 1 amide bonds. The molecule has 1 unspecified atom stereocenters. The molecule has 0 bridgehead atoms. The van der Waals surface area contributed by atoms with Gasteiger partial charge >= 0.3 is 6.18 Å². The molecule has 1 aromatic carbocycles. The van der Waals surface area contributed by atoms with E-state index in [1.165, 1.54) is 29.4 Å². The van der Waals surface area contributed by atoms with E-state index in [4.69, 9.17) is 0 Å². The van der Waals surface area contributed by atoms with Gasteiger partial charge in [0.05, 0.1) is 18.0 Å². The van der Waals surface area contributed by atoms with Crippen LogP contribution in [0.5, 0.6) is 0 Å². The lowest BCUT2D eigenvalue weighted by molar-refractivity contribution is -0.137. The second-order valence-electron chi connectivity index (χ2n) is 6.78. The number of carbonyl (C=O) groups excluding carboxylic acids is 2. The molecule has 0 N–H and O–H groups in total. The second-order valence-corrected chi connectivity index (χ2v) is 6.78. The summed E-state index contributed by atoms with van der Waals surface area (Å²) in [4.78, 5) is 30.6. The summed E-state index contributed by atoms with van der Waals surface area (Å²) in [5.41, 5.74) is -0.279. The first-order chi connectivity index (χ1) is 12.3. The highest BCUT2D eigenvalue weighted by Gasteiger charge is 2.42. The van der Waals surface area contributed by atoms with Crippen molar-refractivity contribution in [3.05, 3.63) is 53.6 Å². The van der Waals surface area contributed by atoms with Crippen molar-refractivity contribution >= 4 is 11.8 Å². The summed E-state index contributed by atoms with van der Waals surface area (Å²) in [6.07, 6.45) is 1.69. The number of carbonyl (C=O) groups is 2. The van der Waals surface area contributed by atoms with Crippen LogP contribution in [-0.4, -0.2) is 32.8 Å². The van der Waals surface area contributed by atoms with Gasteiger partial charge in [-0.15, -0.1) is 0 Å². The van der Waals surface area contributed by atoms with Crippen LogP contribution in [0.15, 0.2) is 36.9 Å². The van der Waals surface area contributed by atoms with Crippen molar-refractivity contribution in [2.75, 3.05) is 6.54 Å². The smallest absolute Gasteiger partial charge is 0.331 e. The highest BCUT2D eigenvalue weighted by Crippen LogP contribution is 2.42. The normalized spacial score (nSPS) is 19.7. The number of nitrogens with zero attached hydrogens (tertiary/aromatic N) is 3. The minimum absolute atomic E-state index is 0.0802. The van der Waals surface area contributed by atoms with Gasteiger partial charge in [0.2, 0.25) is 5.91 Å². The fourth-order valence-electron chi connectivity index (χ4n) is 3.36. The van der Waals surface area contributed by atoms with Gasteiger partial charge in [0.25, 0.3) is 5.91 Å². The van der Waals surface area contributed by atoms with Crippen molar-refractivity contribution in [3.63, 3.8) is 0 Å². The maximum absolute atomic E-state index is 13.1. The number of aromatic nitrogens is 2. The molecule has 1 atom stereocenters. The Morgan fingerprint density at radius 3 is 2.65 bits per heavy atom. The molecule has 0 spiro atoms. The van der Waals surface area contributed by atoms with Gasteiger partial charge in [0, 0.05) is 24.5 Å². The zero-order valence-electron chi connectivity index (χ0n) is 13.7. The van der Waals surface area contributed by atoms with Crippen LogP contribution in [0.3, 0.4) is 0 Å². The number of imidazole rings is 1. The van der Waals surface area contributed by atoms with Gasteiger partial charge in [-0.2, -0.15) is 13.2 Å². The fraction of sp³-hybridized carbons (Fsp3) is 0.389. The number of hydrogen-bond donors (Lipinski definition) is 0. The van der Waals surface area contributed by atoms with Gasteiger partial charge < -0.3 is 4.90 Å². The Kier molecular flexibility index (Phi) is 3.86. The average molecular weight is 363 g/mol. The highest BCUT2D eigenvalue weighted by molar-refractivity contribution is 6.00. The molecule has 2 heterocycles. The summed E-state index contributed by atoms with van der Waals surface area (Å²) in [5, 5.41) is 0. The first kappa shape index (κ1) is 16.8. The number of amides is 1. The van der Waals surface area contributed by atoms with Crippen molar-refractivity contribution in [2.24, 2.45) is 5.92 Å². The minimum Gasteiger partial charge on any atom is -0.331 e. The molecule has 2 aromatic rings. The van der Waals surface area contributed by atoms with E-state index in [0.717, 1.165) is 25.0 Å². The SMILES string of the molecule is O=C1c2ccc(C(F)(F)F)cc2C(CC(=O)n2ccnc2)N1CC1CC1. The van der Waals surface area contributed by atoms with Gasteiger partial charge in [0.15, 0.2) is 0 Å². The van der Waals surface area contributed by atoms with Gasteiger partial charge in [-0.05, 0) is 42.5 Å². The Hall–Kier alpha value is -2.64. The van der Waals surface area contributed by atoms with E-state index in [9.17, 15) is 22.8 Å². The third-order valence-corrected chi connectivity index (χ3v) is 4.92. The largest absolute Gasteiger partial charge is 0.416 e. The lowest BCUT2D eigenvalue weighted by atomic mass is 9.98. The molecule has 1 fully saturated rings. The molecule has 8 heteroatoms.